The monoisotopic (exact) mass is 558 g/mol. The molecule has 0 heterocycles. The van der Waals surface area contributed by atoms with Crippen LogP contribution < -0.4 is 32.4 Å². The highest BCUT2D eigenvalue weighted by molar-refractivity contribution is 7.86. The first-order valence-corrected chi connectivity index (χ1v) is 13.5. The van der Waals surface area contributed by atoms with Crippen molar-refractivity contribution < 1.29 is 38.9 Å². The fraction of sp³-hybridized carbons (Fsp3) is 0. The summed E-state index contributed by atoms with van der Waals surface area (Å²) in [6, 6.07) is 9.04. The Morgan fingerprint density at radius 2 is 1.00 bits per heavy atom. The molecule has 0 aliphatic heterocycles. The van der Waals surface area contributed by atoms with Gasteiger partial charge >= 0.3 is 0 Å². The Labute approximate surface area is 202 Å². The lowest BCUT2D eigenvalue weighted by atomic mass is 10.3. The Hall–Kier alpha value is -3.81. The molecule has 0 amide bonds. The van der Waals surface area contributed by atoms with E-state index in [1.54, 1.807) is 0 Å². The van der Waals surface area contributed by atoms with E-state index in [0.29, 0.717) is 6.07 Å². The topological polar surface area (TPSA) is 246 Å². The summed E-state index contributed by atoms with van der Waals surface area (Å²) in [6.45, 7) is 0. The number of nitrogens with one attached hydrogen (secondary N) is 2. The normalized spacial score (nSPS) is 13.5. The maximum Gasteiger partial charge on any atom is 0.298 e. The Balaban J connectivity index is 2.08. The molecule has 36 heavy (non-hydrogen) atoms. The summed E-state index contributed by atoms with van der Waals surface area (Å²) < 4.78 is 95.1. The van der Waals surface area contributed by atoms with Crippen molar-refractivity contribution in [3.05, 3.63) is 85.8 Å². The molecule has 3 aromatic carbocycles. The number of nitrogens with zero attached hydrogens (tertiary/aromatic N) is 2. The van der Waals surface area contributed by atoms with Gasteiger partial charge in [-0.05, 0) is 54.6 Å². The molecule has 0 fully saturated rings. The zero-order chi connectivity index (χ0) is 26.9. The van der Waals surface area contributed by atoms with Crippen molar-refractivity contribution in [2.75, 3.05) is 10.9 Å². The summed E-state index contributed by atoms with van der Waals surface area (Å²) in [7, 11) is -14.1. The van der Waals surface area contributed by atoms with E-state index >= 15 is 0 Å². The highest BCUT2D eigenvalue weighted by Crippen LogP contribution is 2.14. The maximum atomic E-state index is 12.7. The Kier molecular flexibility index (Phi) is 7.20. The SMILES string of the molecule is O=c1c(S(=O)(=O)O)c/c(=N\Nc2ccc(S(=O)(=O)O)cc2)c(=O)/c1=N/Nc1ccc(S(=O)(=O)O)cc1. The molecule has 190 valence electrons. The predicted octanol–water partition coefficient (Wildman–Crippen LogP) is -1.12. The molecule has 3 rings (SSSR count). The van der Waals surface area contributed by atoms with E-state index in [1.807, 2.05) is 0 Å². The molecular formula is C18H14N4O11S3. The van der Waals surface area contributed by atoms with Crippen LogP contribution in [-0.2, 0) is 30.4 Å². The first-order valence-electron chi connectivity index (χ1n) is 9.18. The highest BCUT2D eigenvalue weighted by Gasteiger charge is 2.19. The van der Waals surface area contributed by atoms with E-state index in [2.05, 4.69) is 21.1 Å². The van der Waals surface area contributed by atoms with Crippen LogP contribution in [-0.4, -0.2) is 38.9 Å². The van der Waals surface area contributed by atoms with Crippen LogP contribution in [0.3, 0.4) is 0 Å². The first kappa shape index (κ1) is 26.8. The minimum absolute atomic E-state index is 0.0361. The van der Waals surface area contributed by atoms with Crippen molar-refractivity contribution in [2.24, 2.45) is 10.2 Å². The molecule has 0 radical (unpaired) electrons. The Bertz CT molecular complexity index is 1880. The van der Waals surface area contributed by atoms with Gasteiger partial charge in [0.1, 0.15) is 10.3 Å². The third kappa shape index (κ3) is 6.24. The maximum absolute atomic E-state index is 12.7. The third-order valence-electron chi connectivity index (χ3n) is 4.34. The van der Waals surface area contributed by atoms with Gasteiger partial charge in [0.05, 0.1) is 21.2 Å². The quantitative estimate of drug-likeness (QED) is 0.170. The smallest absolute Gasteiger partial charge is 0.286 e. The van der Waals surface area contributed by atoms with Crippen molar-refractivity contribution in [3.63, 3.8) is 0 Å². The minimum atomic E-state index is -5.12. The molecule has 0 atom stereocenters. The summed E-state index contributed by atoms with van der Waals surface area (Å²) in [5.74, 6) is 0. The van der Waals surface area contributed by atoms with Crippen LogP contribution in [0.5, 0.6) is 0 Å². The van der Waals surface area contributed by atoms with Crippen molar-refractivity contribution in [2.45, 2.75) is 14.7 Å². The average molecular weight is 559 g/mol. The molecule has 0 aromatic heterocycles. The van der Waals surface area contributed by atoms with E-state index in [0.717, 1.165) is 48.5 Å². The Morgan fingerprint density at radius 1 is 0.583 bits per heavy atom. The first-order chi connectivity index (χ1) is 16.6. The summed E-state index contributed by atoms with van der Waals surface area (Å²) in [5.41, 5.74) is 2.08. The van der Waals surface area contributed by atoms with Crippen LogP contribution in [0.1, 0.15) is 0 Å². The van der Waals surface area contributed by atoms with E-state index in [1.165, 1.54) is 0 Å². The predicted molar refractivity (Wildman–Crippen MR) is 122 cm³/mol. The zero-order valence-corrected chi connectivity index (χ0v) is 19.9. The van der Waals surface area contributed by atoms with E-state index in [9.17, 15) is 39.4 Å². The molecule has 0 aliphatic rings. The lowest BCUT2D eigenvalue weighted by Gasteiger charge is -2.02. The van der Waals surface area contributed by atoms with Crippen molar-refractivity contribution in [1.82, 2.24) is 0 Å². The molecule has 18 heteroatoms. The number of hydrogen-bond acceptors (Lipinski definition) is 12. The average Bonchev–Trinajstić information content (AvgIpc) is 2.77. The van der Waals surface area contributed by atoms with Gasteiger partial charge in [-0.15, -0.1) is 0 Å². The standard InChI is InChI=1S/C18H14N4O11S3/c23-17-14(21-19-10-1-5-12(6-2-10)34(25,26)27)9-15(36(31,32)33)18(24)16(17)22-20-11-3-7-13(8-4-11)35(28,29)30/h1-9,19-20H,(H,25,26,27)(H,28,29,30)(H,31,32,33)/b21-14+,22-16-. The van der Waals surface area contributed by atoms with Gasteiger partial charge in [-0.2, -0.15) is 35.5 Å². The van der Waals surface area contributed by atoms with E-state index in [-0.39, 0.29) is 11.4 Å². The second-order valence-electron chi connectivity index (χ2n) is 6.82. The van der Waals surface area contributed by atoms with Gasteiger partial charge < -0.3 is 0 Å². The van der Waals surface area contributed by atoms with Crippen molar-refractivity contribution in [1.29, 1.82) is 0 Å². The molecule has 0 aliphatic carbocycles. The minimum Gasteiger partial charge on any atom is -0.286 e. The van der Waals surface area contributed by atoms with Gasteiger partial charge in [-0.25, -0.2) is 0 Å². The van der Waals surface area contributed by atoms with Crippen molar-refractivity contribution >= 4 is 41.7 Å². The number of anilines is 2. The summed E-state index contributed by atoms with van der Waals surface area (Å²) in [4.78, 5) is 23.1. The fourth-order valence-electron chi connectivity index (χ4n) is 2.62. The fourth-order valence-corrected chi connectivity index (χ4v) is 4.17. The summed E-state index contributed by atoms with van der Waals surface area (Å²) in [6.07, 6.45) is 0. The molecule has 3 aromatic rings. The molecule has 0 saturated carbocycles. The van der Waals surface area contributed by atoms with E-state index in [4.69, 9.17) is 9.11 Å². The van der Waals surface area contributed by atoms with Gasteiger partial charge in [-0.3, -0.25) is 34.1 Å². The number of rotatable bonds is 7. The second kappa shape index (κ2) is 9.68. The van der Waals surface area contributed by atoms with Gasteiger partial charge in [-0.1, -0.05) is 0 Å². The van der Waals surface area contributed by atoms with E-state index < -0.39 is 66.6 Å². The highest BCUT2D eigenvalue weighted by atomic mass is 32.2. The molecule has 15 nitrogen and oxygen atoms in total. The molecule has 0 spiro atoms. The van der Waals surface area contributed by atoms with Crippen LogP contribution in [0.15, 0.2) is 89.1 Å². The molecule has 0 bridgehead atoms. The number of benzene rings is 3. The van der Waals surface area contributed by atoms with Crippen molar-refractivity contribution in [3.8, 4) is 0 Å². The Morgan fingerprint density at radius 3 is 1.39 bits per heavy atom. The van der Waals surface area contributed by atoms with Crippen LogP contribution in [0.4, 0.5) is 11.4 Å². The van der Waals surface area contributed by atoms with Gasteiger partial charge in [0, 0.05) is 0 Å². The third-order valence-corrected chi connectivity index (χ3v) is 6.93. The van der Waals surface area contributed by atoms with Crippen LogP contribution in [0, 0.1) is 0 Å². The van der Waals surface area contributed by atoms with Crippen LogP contribution in [0.2, 0.25) is 0 Å². The molecule has 0 saturated heterocycles. The number of hydrogen-bond donors (Lipinski definition) is 5. The van der Waals surface area contributed by atoms with Gasteiger partial charge in [0.2, 0.25) is 10.9 Å². The van der Waals surface area contributed by atoms with Crippen LogP contribution >= 0.6 is 0 Å². The zero-order valence-electron chi connectivity index (χ0n) is 17.4. The largest absolute Gasteiger partial charge is 0.298 e. The van der Waals surface area contributed by atoms with Gasteiger partial charge in [0.15, 0.2) is 5.36 Å². The lowest BCUT2D eigenvalue weighted by Crippen LogP contribution is -2.50. The molecular weight excluding hydrogens is 544 g/mol. The summed E-state index contributed by atoms with van der Waals surface area (Å²) >= 11 is 0. The molecule has 5 N–H and O–H groups in total. The lowest BCUT2D eigenvalue weighted by molar-refractivity contribution is 0.480. The second-order valence-corrected chi connectivity index (χ2v) is 11.1. The van der Waals surface area contributed by atoms with Crippen LogP contribution in [0.25, 0.3) is 0 Å². The summed E-state index contributed by atoms with van der Waals surface area (Å²) in [5, 5.41) is 5.55. The van der Waals surface area contributed by atoms with Gasteiger partial charge in [0.25, 0.3) is 30.4 Å². The molecule has 0 unspecified atom stereocenters.